The Balaban J connectivity index is 2.17. The molecule has 0 N–H and O–H groups in total. The number of rotatable bonds is 2. The molecule has 0 aliphatic carbocycles. The second-order valence-electron chi connectivity index (χ2n) is 5.33. The fourth-order valence-corrected chi connectivity index (χ4v) is 2.97. The Morgan fingerprint density at radius 3 is 2.45 bits per heavy atom. The Hall–Kier alpha value is -1.98. The van der Waals surface area contributed by atoms with E-state index in [9.17, 15) is 9.18 Å². The number of para-hydroxylation sites is 1. The van der Waals surface area contributed by atoms with Crippen LogP contribution in [0.3, 0.4) is 0 Å². The maximum absolute atomic E-state index is 14.0. The molecule has 0 aromatic heterocycles. The van der Waals surface area contributed by atoms with Gasteiger partial charge in [0.2, 0.25) is 0 Å². The molecule has 0 spiro atoms. The lowest BCUT2D eigenvalue weighted by Crippen LogP contribution is -2.56. The summed E-state index contributed by atoms with van der Waals surface area (Å²) in [5.41, 5.74) is 2.28. The van der Waals surface area contributed by atoms with Crippen LogP contribution in [-0.2, 0) is 4.79 Å². The van der Waals surface area contributed by atoms with Gasteiger partial charge in [0.05, 0.1) is 16.2 Å². The van der Waals surface area contributed by atoms with E-state index in [1.165, 1.54) is 6.07 Å². The number of anilines is 1. The van der Waals surface area contributed by atoms with Crippen molar-refractivity contribution in [3.63, 3.8) is 0 Å². The van der Waals surface area contributed by atoms with E-state index >= 15 is 0 Å². The third kappa shape index (κ3) is 2.17. The van der Waals surface area contributed by atoms with Gasteiger partial charge in [0.25, 0.3) is 0 Å². The Labute approximate surface area is 137 Å². The molecule has 1 aliphatic rings. The number of hydrogen-bond acceptors (Lipinski definition) is 1. The monoisotopic (exact) mass is 361 g/mol. The highest BCUT2D eigenvalue weighted by Crippen LogP contribution is 2.38. The number of carbonyl (C=O) groups excluding carboxylic acids is 1. The Morgan fingerprint density at radius 1 is 1.14 bits per heavy atom. The van der Waals surface area contributed by atoms with E-state index in [0.717, 1.165) is 11.4 Å². The first-order valence-corrected chi connectivity index (χ1v) is 7.64. The van der Waals surface area contributed by atoms with Crippen molar-refractivity contribution in [3.05, 3.63) is 70.6 Å². The molecule has 2 aromatic rings. The molecular formula is C17H15BrFN2O+. The van der Waals surface area contributed by atoms with Crippen molar-refractivity contribution in [3.8, 4) is 0 Å². The van der Waals surface area contributed by atoms with Crippen LogP contribution in [0.25, 0.3) is 0 Å². The summed E-state index contributed by atoms with van der Waals surface area (Å²) in [5.74, 6) is -0.466. The molecular weight excluding hydrogens is 347 g/mol. The maximum atomic E-state index is 14.0. The van der Waals surface area contributed by atoms with Crippen LogP contribution >= 0.6 is 15.9 Å². The number of benzene rings is 2. The molecule has 5 heteroatoms. The molecule has 1 amide bonds. The fraction of sp³-hybridized carbons (Fsp3) is 0.118. The Morgan fingerprint density at radius 2 is 1.82 bits per heavy atom. The van der Waals surface area contributed by atoms with Gasteiger partial charge in [-0.2, -0.15) is 4.59 Å². The molecule has 1 unspecified atom stereocenters. The smallest absolute Gasteiger partial charge is 0.264 e. The van der Waals surface area contributed by atoms with Gasteiger partial charge in [0.1, 0.15) is 18.6 Å². The molecule has 2 aromatic carbocycles. The second-order valence-corrected chi connectivity index (χ2v) is 6.18. The minimum absolute atomic E-state index is 0.104. The number of amides is 1. The predicted molar refractivity (Wildman–Crippen MR) is 89.5 cm³/mol. The third-order valence-corrected chi connectivity index (χ3v) is 4.68. The molecule has 0 bridgehead atoms. The van der Waals surface area contributed by atoms with Crippen LogP contribution in [0.4, 0.5) is 15.8 Å². The summed E-state index contributed by atoms with van der Waals surface area (Å²) in [5, 5.41) is 1.65. The molecule has 112 valence electrons. The lowest BCUT2D eigenvalue weighted by atomic mass is 10.2. The van der Waals surface area contributed by atoms with E-state index < -0.39 is 0 Å². The molecule has 1 heterocycles. The van der Waals surface area contributed by atoms with Crippen LogP contribution in [0.1, 0.15) is 6.92 Å². The third-order valence-electron chi connectivity index (χ3n) is 4.03. The zero-order chi connectivity index (χ0) is 15.9. The highest BCUT2D eigenvalue weighted by Gasteiger charge is 2.46. The Bertz CT molecular complexity index is 775. The van der Waals surface area contributed by atoms with Gasteiger partial charge in [-0.15, -0.1) is 5.01 Å². The summed E-state index contributed by atoms with van der Waals surface area (Å²) in [6.45, 7) is 1.88. The summed E-state index contributed by atoms with van der Waals surface area (Å²) in [6, 6.07) is 14.3. The van der Waals surface area contributed by atoms with Crippen LogP contribution < -0.4 is 9.60 Å². The van der Waals surface area contributed by atoms with Crippen LogP contribution in [0, 0.1) is 5.82 Å². The van der Waals surface area contributed by atoms with Crippen LogP contribution in [-0.4, -0.2) is 13.0 Å². The van der Waals surface area contributed by atoms with E-state index in [-0.39, 0.29) is 16.3 Å². The minimum Gasteiger partial charge on any atom is -0.264 e. The maximum Gasteiger partial charge on any atom is 0.303 e. The second kappa shape index (κ2) is 5.34. The SMILES string of the molecule is CC1=CC(=O)N(c2ccccc2)[N+]1(C)c1ccc(Br)c(F)c1. The largest absolute Gasteiger partial charge is 0.303 e. The van der Waals surface area contributed by atoms with E-state index in [2.05, 4.69) is 15.9 Å². The van der Waals surface area contributed by atoms with Crippen molar-refractivity contribution in [1.82, 2.24) is 4.59 Å². The van der Waals surface area contributed by atoms with Crippen molar-refractivity contribution >= 4 is 33.2 Å². The molecule has 22 heavy (non-hydrogen) atoms. The first kappa shape index (κ1) is 14.9. The number of quaternary nitrogens is 1. The molecule has 0 radical (unpaired) electrons. The van der Waals surface area contributed by atoms with Gasteiger partial charge in [-0.3, -0.25) is 4.79 Å². The van der Waals surface area contributed by atoms with Gasteiger partial charge in [0, 0.05) is 19.1 Å². The van der Waals surface area contributed by atoms with Crippen molar-refractivity contribution < 1.29 is 9.18 Å². The first-order chi connectivity index (χ1) is 10.4. The quantitative estimate of drug-likeness (QED) is 0.726. The molecule has 0 saturated carbocycles. The predicted octanol–water partition coefficient (Wildman–Crippen LogP) is 4.39. The van der Waals surface area contributed by atoms with Crippen molar-refractivity contribution in [1.29, 1.82) is 0 Å². The molecule has 3 rings (SSSR count). The van der Waals surface area contributed by atoms with Crippen molar-refractivity contribution in [2.45, 2.75) is 6.92 Å². The van der Waals surface area contributed by atoms with E-state index in [1.807, 2.05) is 50.4 Å². The van der Waals surface area contributed by atoms with Crippen LogP contribution in [0.2, 0.25) is 0 Å². The number of allylic oxidation sites excluding steroid dienone is 1. The zero-order valence-electron chi connectivity index (χ0n) is 12.3. The summed E-state index contributed by atoms with van der Waals surface area (Å²) in [6.07, 6.45) is 1.59. The summed E-state index contributed by atoms with van der Waals surface area (Å²) < 4.78 is 14.5. The molecule has 3 nitrogen and oxygen atoms in total. The van der Waals surface area contributed by atoms with Gasteiger partial charge in [0.15, 0.2) is 5.69 Å². The normalized spacial score (nSPS) is 21.2. The van der Waals surface area contributed by atoms with Crippen molar-refractivity contribution in [2.75, 3.05) is 12.1 Å². The lowest BCUT2D eigenvalue weighted by molar-refractivity contribution is -0.115. The average Bonchev–Trinajstić information content (AvgIpc) is 2.73. The van der Waals surface area contributed by atoms with E-state index in [4.69, 9.17) is 0 Å². The highest BCUT2D eigenvalue weighted by atomic mass is 79.9. The summed E-state index contributed by atoms with van der Waals surface area (Å²) >= 11 is 3.17. The average molecular weight is 362 g/mol. The van der Waals surface area contributed by atoms with Gasteiger partial charge in [-0.1, -0.05) is 18.2 Å². The van der Waals surface area contributed by atoms with Gasteiger partial charge in [-0.25, -0.2) is 4.39 Å². The van der Waals surface area contributed by atoms with Gasteiger partial charge < -0.3 is 0 Å². The van der Waals surface area contributed by atoms with Gasteiger partial charge >= 0.3 is 5.91 Å². The Kier molecular flexibility index (Phi) is 3.62. The summed E-state index contributed by atoms with van der Waals surface area (Å²) in [4.78, 5) is 12.5. The topological polar surface area (TPSA) is 20.3 Å². The van der Waals surface area contributed by atoms with Crippen LogP contribution in [0.5, 0.6) is 0 Å². The number of nitrogens with zero attached hydrogens (tertiary/aromatic N) is 2. The fourth-order valence-electron chi connectivity index (χ4n) is 2.72. The lowest BCUT2D eigenvalue weighted by Gasteiger charge is -2.37. The molecule has 1 atom stereocenters. The minimum atomic E-state index is -0.350. The number of hydrogen-bond donors (Lipinski definition) is 0. The van der Waals surface area contributed by atoms with Gasteiger partial charge in [-0.05, 0) is 34.1 Å². The number of carbonyl (C=O) groups is 1. The molecule has 0 saturated heterocycles. The highest BCUT2D eigenvalue weighted by molar-refractivity contribution is 9.10. The first-order valence-electron chi connectivity index (χ1n) is 6.85. The van der Waals surface area contributed by atoms with Crippen molar-refractivity contribution in [2.24, 2.45) is 0 Å². The van der Waals surface area contributed by atoms with E-state index in [1.54, 1.807) is 17.2 Å². The van der Waals surface area contributed by atoms with Crippen LogP contribution in [0.15, 0.2) is 64.8 Å². The summed E-state index contributed by atoms with van der Waals surface area (Å²) in [7, 11) is 1.88. The standard InChI is InChI=1S/C17H15BrFN2O/c1-12-10-17(22)20(13-6-4-3-5-7-13)21(12,2)14-8-9-15(18)16(19)11-14/h3-11H,1-2H3/q+1. The molecule has 0 fully saturated rings. The molecule has 1 aliphatic heterocycles. The number of halogens is 2. The van der Waals surface area contributed by atoms with E-state index in [0.29, 0.717) is 10.2 Å². The zero-order valence-corrected chi connectivity index (χ0v) is 13.8.